The largest absolute Gasteiger partial charge is 0.495 e. The average molecular weight is 384 g/mol. The molecule has 0 heterocycles. The van der Waals surface area contributed by atoms with Crippen LogP contribution in [0.2, 0.25) is 0 Å². The number of benzene rings is 2. The highest BCUT2D eigenvalue weighted by Crippen LogP contribution is 2.24. The first-order valence-electron chi connectivity index (χ1n) is 8.74. The van der Waals surface area contributed by atoms with E-state index in [0.29, 0.717) is 22.7 Å². The predicted molar refractivity (Wildman–Crippen MR) is 108 cm³/mol. The minimum absolute atomic E-state index is 0.176. The Morgan fingerprint density at radius 3 is 2.25 bits per heavy atom. The molecule has 0 unspecified atom stereocenters. The molecule has 0 fully saturated rings. The summed E-state index contributed by atoms with van der Waals surface area (Å²) in [4.78, 5) is 35.1. The normalized spacial score (nSPS) is 9.96. The van der Waals surface area contributed by atoms with Crippen molar-refractivity contribution in [3.63, 3.8) is 0 Å². The fourth-order valence-corrected chi connectivity index (χ4v) is 2.45. The van der Waals surface area contributed by atoms with E-state index in [-0.39, 0.29) is 24.9 Å². The molecule has 0 aliphatic heterocycles. The number of anilines is 2. The van der Waals surface area contributed by atoms with Crippen LogP contribution in [0.25, 0.3) is 0 Å². The van der Waals surface area contributed by atoms with Gasteiger partial charge in [0.1, 0.15) is 5.75 Å². The lowest BCUT2D eigenvalue weighted by Crippen LogP contribution is -2.36. The van der Waals surface area contributed by atoms with Crippen molar-refractivity contribution in [2.45, 2.75) is 13.8 Å². The predicted octanol–water partition coefficient (Wildman–Crippen LogP) is 2.51. The second-order valence-electron chi connectivity index (χ2n) is 6.10. The van der Waals surface area contributed by atoms with Crippen molar-refractivity contribution in [1.82, 2.24) is 10.6 Å². The molecule has 148 valence electrons. The van der Waals surface area contributed by atoms with Crippen molar-refractivity contribution in [3.8, 4) is 5.75 Å². The van der Waals surface area contributed by atoms with Crippen molar-refractivity contribution in [2.75, 3.05) is 30.8 Å². The van der Waals surface area contributed by atoms with Gasteiger partial charge in [-0.05, 0) is 48.9 Å². The van der Waals surface area contributed by atoms with E-state index in [1.165, 1.54) is 14.0 Å². The molecule has 4 N–H and O–H groups in total. The summed E-state index contributed by atoms with van der Waals surface area (Å²) in [6.45, 7) is 3.86. The van der Waals surface area contributed by atoms with E-state index in [9.17, 15) is 14.4 Å². The second-order valence-corrected chi connectivity index (χ2v) is 6.10. The Labute approximate surface area is 163 Å². The summed E-state index contributed by atoms with van der Waals surface area (Å²) in [6, 6.07) is 11.6. The van der Waals surface area contributed by atoms with Crippen molar-refractivity contribution in [2.24, 2.45) is 0 Å². The van der Waals surface area contributed by atoms with Crippen LogP contribution in [0.3, 0.4) is 0 Å². The number of rotatable bonds is 7. The molecular weight excluding hydrogens is 360 g/mol. The number of amides is 4. The molecule has 0 aliphatic rings. The third kappa shape index (κ3) is 6.31. The smallest absolute Gasteiger partial charge is 0.319 e. The quantitative estimate of drug-likeness (QED) is 0.550. The number of nitrogens with one attached hydrogen (secondary N) is 4. The molecule has 8 heteroatoms. The van der Waals surface area contributed by atoms with Crippen LogP contribution in [-0.4, -0.2) is 38.0 Å². The number of hydrogen-bond donors (Lipinski definition) is 4. The van der Waals surface area contributed by atoms with Gasteiger partial charge in [-0.1, -0.05) is 6.07 Å². The topological polar surface area (TPSA) is 109 Å². The van der Waals surface area contributed by atoms with Gasteiger partial charge in [0.2, 0.25) is 5.91 Å². The van der Waals surface area contributed by atoms with Crippen LogP contribution >= 0.6 is 0 Å². The van der Waals surface area contributed by atoms with E-state index in [1.807, 2.05) is 19.1 Å². The molecule has 0 atom stereocenters. The van der Waals surface area contributed by atoms with E-state index >= 15 is 0 Å². The Kier molecular flexibility index (Phi) is 7.38. The van der Waals surface area contributed by atoms with Crippen LogP contribution in [0, 0.1) is 6.92 Å². The maximum atomic E-state index is 12.1. The highest BCUT2D eigenvalue weighted by atomic mass is 16.5. The standard InChI is InChI=1S/C20H24N4O4/c1-13-4-9-18(28-3)17(12-13)24-20(27)22-11-10-21-19(26)15-5-7-16(8-6-15)23-14(2)25/h4-9,12H,10-11H2,1-3H3,(H,21,26)(H,23,25)(H2,22,24,27). The zero-order valence-corrected chi connectivity index (χ0v) is 16.1. The van der Waals surface area contributed by atoms with E-state index in [4.69, 9.17) is 4.74 Å². The highest BCUT2D eigenvalue weighted by Gasteiger charge is 2.08. The van der Waals surface area contributed by atoms with E-state index in [0.717, 1.165) is 5.56 Å². The number of urea groups is 1. The van der Waals surface area contributed by atoms with E-state index < -0.39 is 6.03 Å². The van der Waals surface area contributed by atoms with Crippen LogP contribution in [0.5, 0.6) is 5.75 Å². The Balaban J connectivity index is 1.76. The van der Waals surface area contributed by atoms with Gasteiger partial charge in [-0.2, -0.15) is 0 Å². The van der Waals surface area contributed by atoms with Crippen molar-refractivity contribution in [1.29, 1.82) is 0 Å². The van der Waals surface area contributed by atoms with Gasteiger partial charge in [-0.15, -0.1) is 0 Å². The van der Waals surface area contributed by atoms with E-state index in [1.54, 1.807) is 30.3 Å². The van der Waals surface area contributed by atoms with Crippen LogP contribution in [-0.2, 0) is 4.79 Å². The van der Waals surface area contributed by atoms with E-state index in [2.05, 4.69) is 21.3 Å². The third-order valence-electron chi connectivity index (χ3n) is 3.77. The number of carbonyl (C=O) groups is 3. The van der Waals surface area contributed by atoms with Crippen molar-refractivity contribution < 1.29 is 19.1 Å². The number of methoxy groups -OCH3 is 1. The Bertz CT molecular complexity index is 850. The summed E-state index contributed by atoms with van der Waals surface area (Å²) < 4.78 is 5.21. The maximum absolute atomic E-state index is 12.1. The molecule has 0 radical (unpaired) electrons. The molecule has 2 aromatic rings. The number of ether oxygens (including phenoxy) is 1. The molecule has 8 nitrogen and oxygen atoms in total. The summed E-state index contributed by atoms with van der Waals surface area (Å²) in [7, 11) is 1.53. The molecule has 28 heavy (non-hydrogen) atoms. The first-order valence-corrected chi connectivity index (χ1v) is 8.74. The molecule has 2 rings (SSSR count). The number of carbonyl (C=O) groups excluding carboxylic acids is 3. The summed E-state index contributed by atoms with van der Waals surface area (Å²) in [6.07, 6.45) is 0. The van der Waals surface area contributed by atoms with Gasteiger partial charge in [0, 0.05) is 31.3 Å². The fourth-order valence-electron chi connectivity index (χ4n) is 2.45. The van der Waals surface area contributed by atoms with Gasteiger partial charge in [-0.3, -0.25) is 9.59 Å². The summed E-state index contributed by atoms with van der Waals surface area (Å²) >= 11 is 0. The molecule has 2 aromatic carbocycles. The SMILES string of the molecule is COc1ccc(C)cc1NC(=O)NCCNC(=O)c1ccc(NC(C)=O)cc1. The van der Waals surface area contributed by atoms with Crippen LogP contribution in [0.1, 0.15) is 22.8 Å². The van der Waals surface area contributed by atoms with Crippen LogP contribution < -0.4 is 26.0 Å². The summed E-state index contributed by atoms with van der Waals surface area (Å²) in [5.74, 6) is 0.124. The molecule has 0 bridgehead atoms. The Morgan fingerprint density at radius 1 is 0.929 bits per heavy atom. The molecule has 0 aromatic heterocycles. The minimum Gasteiger partial charge on any atom is -0.495 e. The maximum Gasteiger partial charge on any atom is 0.319 e. The lowest BCUT2D eigenvalue weighted by atomic mass is 10.2. The zero-order valence-electron chi connectivity index (χ0n) is 16.1. The number of hydrogen-bond acceptors (Lipinski definition) is 4. The average Bonchev–Trinajstić information content (AvgIpc) is 2.65. The van der Waals surface area contributed by atoms with Gasteiger partial charge in [0.05, 0.1) is 12.8 Å². The third-order valence-corrected chi connectivity index (χ3v) is 3.77. The Hall–Kier alpha value is -3.55. The monoisotopic (exact) mass is 384 g/mol. The van der Waals surface area contributed by atoms with Crippen LogP contribution in [0.15, 0.2) is 42.5 Å². The molecule has 0 saturated heterocycles. The van der Waals surface area contributed by atoms with Gasteiger partial charge in [0.15, 0.2) is 0 Å². The lowest BCUT2D eigenvalue weighted by Gasteiger charge is -2.12. The first-order chi connectivity index (χ1) is 13.4. The molecule has 0 saturated carbocycles. The van der Waals surface area contributed by atoms with Gasteiger partial charge in [0.25, 0.3) is 5.91 Å². The molecule has 4 amide bonds. The fraction of sp³-hybridized carbons (Fsp3) is 0.250. The highest BCUT2D eigenvalue weighted by molar-refractivity contribution is 5.95. The summed E-state index contributed by atoms with van der Waals surface area (Å²) in [5.41, 5.74) is 2.65. The van der Waals surface area contributed by atoms with Crippen molar-refractivity contribution in [3.05, 3.63) is 53.6 Å². The molecule has 0 aliphatic carbocycles. The number of aryl methyl sites for hydroxylation is 1. The lowest BCUT2D eigenvalue weighted by molar-refractivity contribution is -0.114. The summed E-state index contributed by atoms with van der Waals surface area (Å²) in [5, 5.41) is 10.7. The van der Waals surface area contributed by atoms with Crippen molar-refractivity contribution >= 4 is 29.2 Å². The molecular formula is C20H24N4O4. The molecule has 0 spiro atoms. The van der Waals surface area contributed by atoms with Gasteiger partial charge >= 0.3 is 6.03 Å². The first kappa shape index (κ1) is 20.8. The van der Waals surface area contributed by atoms with Gasteiger partial charge < -0.3 is 26.0 Å². The Morgan fingerprint density at radius 2 is 1.61 bits per heavy atom. The van der Waals surface area contributed by atoms with Gasteiger partial charge in [-0.25, -0.2) is 4.79 Å². The zero-order chi connectivity index (χ0) is 20.5. The van der Waals surface area contributed by atoms with Crippen LogP contribution in [0.4, 0.5) is 16.2 Å². The second kappa shape index (κ2) is 9.96. The minimum atomic E-state index is -0.391.